The molecule has 0 aromatic heterocycles. The van der Waals surface area contributed by atoms with Crippen molar-refractivity contribution in [3.63, 3.8) is 0 Å². The van der Waals surface area contributed by atoms with E-state index in [1.54, 1.807) is 0 Å². The second-order valence-electron chi connectivity index (χ2n) is 2.81. The molecule has 1 radical (unpaired) electrons. The van der Waals surface area contributed by atoms with Crippen LogP contribution in [0.2, 0.25) is 0 Å². The van der Waals surface area contributed by atoms with Crippen LogP contribution in [-0.4, -0.2) is 19.6 Å². The van der Waals surface area contributed by atoms with E-state index >= 15 is 0 Å². The summed E-state index contributed by atoms with van der Waals surface area (Å²) in [4.78, 5) is 0. The average molecular weight is 157 g/mol. The predicted molar refractivity (Wildman–Crippen MR) is 50.4 cm³/mol. The summed E-state index contributed by atoms with van der Waals surface area (Å²) in [5.74, 6) is 0. The highest BCUT2D eigenvalue weighted by Gasteiger charge is 1.88. The molecule has 0 rings (SSSR count). The molecule has 3 N–H and O–H groups in total. The molecule has 0 amide bonds. The first-order chi connectivity index (χ1) is 5.41. The molecule has 0 atom stereocenters. The van der Waals surface area contributed by atoms with E-state index in [0.717, 1.165) is 19.6 Å². The molecule has 0 aromatic carbocycles. The van der Waals surface area contributed by atoms with Gasteiger partial charge in [0, 0.05) is 0 Å². The number of nitrogens with one attached hydrogen (secondary N) is 1. The maximum atomic E-state index is 5.37. The highest BCUT2D eigenvalue weighted by molar-refractivity contribution is 4.50. The summed E-state index contributed by atoms with van der Waals surface area (Å²) < 4.78 is 0. The molecule has 0 saturated heterocycles. The lowest BCUT2D eigenvalue weighted by Crippen LogP contribution is -2.13. The molecule has 0 unspecified atom stereocenters. The van der Waals surface area contributed by atoms with Gasteiger partial charge < -0.3 is 11.1 Å². The lowest BCUT2D eigenvalue weighted by molar-refractivity contribution is 0.592. The summed E-state index contributed by atoms with van der Waals surface area (Å²) in [5, 5.41) is 3.20. The van der Waals surface area contributed by atoms with E-state index in [0.29, 0.717) is 0 Å². The fraction of sp³-hybridized carbons (Fsp3) is 0.889. The van der Waals surface area contributed by atoms with Crippen molar-refractivity contribution in [1.29, 1.82) is 0 Å². The molecule has 11 heavy (non-hydrogen) atoms. The van der Waals surface area contributed by atoms with Gasteiger partial charge in [0.05, 0.1) is 0 Å². The standard InChI is InChI=1S/C9H21N2/c1-2-11-9-7-5-3-4-6-8-10/h11H,1-10H2. The molecule has 0 saturated carbocycles. The van der Waals surface area contributed by atoms with Crippen LogP contribution in [0, 0.1) is 6.92 Å². The number of rotatable bonds is 8. The van der Waals surface area contributed by atoms with Crippen LogP contribution in [0.25, 0.3) is 0 Å². The second kappa shape index (κ2) is 9.92. The normalized spacial score (nSPS) is 10.4. The zero-order valence-corrected chi connectivity index (χ0v) is 7.44. The zero-order valence-electron chi connectivity index (χ0n) is 7.44. The van der Waals surface area contributed by atoms with Gasteiger partial charge in [-0.15, -0.1) is 0 Å². The molecule has 2 heteroatoms. The molecule has 0 aliphatic heterocycles. The van der Waals surface area contributed by atoms with Crippen LogP contribution in [0.5, 0.6) is 0 Å². The van der Waals surface area contributed by atoms with E-state index in [9.17, 15) is 0 Å². The maximum Gasteiger partial charge on any atom is -0.00484 e. The summed E-state index contributed by atoms with van der Waals surface area (Å²) in [7, 11) is 0. The number of hydrogen-bond acceptors (Lipinski definition) is 2. The van der Waals surface area contributed by atoms with Crippen LogP contribution in [0.3, 0.4) is 0 Å². The highest BCUT2D eigenvalue weighted by Crippen LogP contribution is 2.00. The lowest BCUT2D eigenvalue weighted by Gasteiger charge is -2.00. The van der Waals surface area contributed by atoms with Crippen molar-refractivity contribution in [2.24, 2.45) is 5.73 Å². The van der Waals surface area contributed by atoms with E-state index in [-0.39, 0.29) is 0 Å². The first-order valence-electron chi connectivity index (χ1n) is 4.62. The van der Waals surface area contributed by atoms with Gasteiger partial charge in [-0.3, -0.25) is 0 Å². The summed E-state index contributed by atoms with van der Waals surface area (Å²) in [6.45, 7) is 6.52. The Labute approximate surface area is 70.5 Å². The van der Waals surface area contributed by atoms with Crippen LogP contribution < -0.4 is 11.1 Å². The predicted octanol–water partition coefficient (Wildman–Crippen LogP) is 1.32. The topological polar surface area (TPSA) is 38.0 Å². The van der Waals surface area contributed by atoms with Crippen LogP contribution in [-0.2, 0) is 0 Å². The van der Waals surface area contributed by atoms with Crippen LogP contribution in [0.1, 0.15) is 32.1 Å². The Kier molecular flexibility index (Phi) is 9.85. The number of hydrogen-bond donors (Lipinski definition) is 2. The van der Waals surface area contributed by atoms with Crippen LogP contribution in [0.4, 0.5) is 0 Å². The quantitative estimate of drug-likeness (QED) is 0.521. The van der Waals surface area contributed by atoms with Gasteiger partial charge in [0.1, 0.15) is 0 Å². The van der Waals surface area contributed by atoms with Crippen molar-refractivity contribution in [2.75, 3.05) is 19.6 Å². The zero-order chi connectivity index (χ0) is 8.36. The molecule has 0 aromatic rings. The van der Waals surface area contributed by atoms with Gasteiger partial charge in [-0.1, -0.05) is 19.3 Å². The SMILES string of the molecule is [CH2]CNCCCCCCCN. The van der Waals surface area contributed by atoms with Crippen molar-refractivity contribution < 1.29 is 0 Å². The molecule has 0 aliphatic rings. The Morgan fingerprint density at radius 2 is 1.64 bits per heavy atom. The highest BCUT2D eigenvalue weighted by atomic mass is 14.8. The Hall–Kier alpha value is -0.0800. The van der Waals surface area contributed by atoms with Crippen molar-refractivity contribution in [3.8, 4) is 0 Å². The molecular formula is C9H21N2. The lowest BCUT2D eigenvalue weighted by atomic mass is 10.1. The maximum absolute atomic E-state index is 5.37. The molecular weight excluding hydrogens is 136 g/mol. The van der Waals surface area contributed by atoms with Gasteiger partial charge in [-0.05, 0) is 39.4 Å². The van der Waals surface area contributed by atoms with Gasteiger partial charge in [-0.25, -0.2) is 0 Å². The smallest absolute Gasteiger partial charge is 0.00484 e. The fourth-order valence-electron chi connectivity index (χ4n) is 1.05. The van der Waals surface area contributed by atoms with Gasteiger partial charge in [-0.2, -0.15) is 0 Å². The minimum Gasteiger partial charge on any atom is -0.330 e. The van der Waals surface area contributed by atoms with E-state index in [2.05, 4.69) is 12.2 Å². The van der Waals surface area contributed by atoms with Crippen molar-refractivity contribution in [3.05, 3.63) is 6.92 Å². The average Bonchev–Trinajstić information content (AvgIpc) is 2.03. The Morgan fingerprint density at radius 3 is 2.27 bits per heavy atom. The second-order valence-corrected chi connectivity index (χ2v) is 2.81. The molecule has 0 aliphatic carbocycles. The van der Waals surface area contributed by atoms with Gasteiger partial charge in [0.25, 0.3) is 0 Å². The Bertz CT molecular complexity index is 56.6. The summed E-state index contributed by atoms with van der Waals surface area (Å²) >= 11 is 0. The Balaban J connectivity index is 2.69. The van der Waals surface area contributed by atoms with Crippen LogP contribution >= 0.6 is 0 Å². The minimum atomic E-state index is 0.844. The minimum absolute atomic E-state index is 0.844. The van der Waals surface area contributed by atoms with E-state index in [1.165, 1.54) is 32.1 Å². The van der Waals surface area contributed by atoms with Crippen LogP contribution in [0.15, 0.2) is 0 Å². The summed E-state index contributed by atoms with van der Waals surface area (Å²) in [6, 6.07) is 0. The summed E-state index contributed by atoms with van der Waals surface area (Å²) in [5.41, 5.74) is 5.37. The summed E-state index contributed by atoms with van der Waals surface area (Å²) in [6.07, 6.45) is 6.41. The molecule has 0 spiro atoms. The number of unbranched alkanes of at least 4 members (excludes halogenated alkanes) is 4. The van der Waals surface area contributed by atoms with Gasteiger partial charge in [0.2, 0.25) is 0 Å². The third-order valence-corrected chi connectivity index (χ3v) is 1.73. The van der Waals surface area contributed by atoms with Gasteiger partial charge in [0.15, 0.2) is 0 Å². The van der Waals surface area contributed by atoms with Crippen molar-refractivity contribution in [2.45, 2.75) is 32.1 Å². The third-order valence-electron chi connectivity index (χ3n) is 1.73. The third kappa shape index (κ3) is 9.92. The van der Waals surface area contributed by atoms with E-state index in [1.807, 2.05) is 0 Å². The molecule has 0 heterocycles. The Morgan fingerprint density at radius 1 is 1.00 bits per heavy atom. The number of nitrogens with two attached hydrogens (primary N) is 1. The molecule has 0 fully saturated rings. The molecule has 0 bridgehead atoms. The first kappa shape index (κ1) is 10.9. The molecule has 67 valence electrons. The van der Waals surface area contributed by atoms with Crippen molar-refractivity contribution >= 4 is 0 Å². The monoisotopic (exact) mass is 157 g/mol. The van der Waals surface area contributed by atoms with E-state index < -0.39 is 0 Å². The largest absolute Gasteiger partial charge is 0.330 e. The van der Waals surface area contributed by atoms with Crippen molar-refractivity contribution in [1.82, 2.24) is 5.32 Å². The first-order valence-corrected chi connectivity index (χ1v) is 4.62. The fourth-order valence-corrected chi connectivity index (χ4v) is 1.05. The van der Waals surface area contributed by atoms with E-state index in [4.69, 9.17) is 5.73 Å². The van der Waals surface area contributed by atoms with Gasteiger partial charge >= 0.3 is 0 Å². The molecule has 2 nitrogen and oxygen atoms in total.